The van der Waals surface area contributed by atoms with Gasteiger partial charge in [0, 0.05) is 12.1 Å². The van der Waals surface area contributed by atoms with Gasteiger partial charge in [0.15, 0.2) is 0 Å². The van der Waals surface area contributed by atoms with E-state index in [0.717, 1.165) is 11.8 Å². The molecule has 10 atom stereocenters. The van der Waals surface area contributed by atoms with Crippen molar-refractivity contribution in [3.8, 4) is 0 Å². The fourth-order valence-electron chi connectivity index (χ4n) is 14.0. The van der Waals surface area contributed by atoms with Crippen molar-refractivity contribution < 1.29 is 10.2 Å². The highest BCUT2D eigenvalue weighted by molar-refractivity contribution is 5.16. The molecule has 0 heterocycles. The molecule has 8 rings (SSSR count). The molecule has 0 aromatic heterocycles. The summed E-state index contributed by atoms with van der Waals surface area (Å²) in [6.07, 6.45) is 23.7. The van der Waals surface area contributed by atoms with Gasteiger partial charge in [0.25, 0.3) is 0 Å². The van der Waals surface area contributed by atoms with Gasteiger partial charge in [-0.3, -0.25) is 0 Å². The van der Waals surface area contributed by atoms with Gasteiger partial charge in [0.1, 0.15) is 0 Å². The van der Waals surface area contributed by atoms with Crippen LogP contribution in [0.5, 0.6) is 0 Å². The summed E-state index contributed by atoms with van der Waals surface area (Å²) in [6, 6.07) is -0.134. The number of hydrogen-bond donors (Lipinski definition) is 4. The van der Waals surface area contributed by atoms with Crippen LogP contribution >= 0.6 is 0 Å². The van der Waals surface area contributed by atoms with Gasteiger partial charge in [-0.25, -0.2) is 0 Å². The Labute approximate surface area is 245 Å². The molecule has 8 aliphatic rings. The Kier molecular flexibility index (Phi) is 7.71. The third-order valence-corrected chi connectivity index (χ3v) is 15.4. The molecule has 40 heavy (non-hydrogen) atoms. The van der Waals surface area contributed by atoms with Crippen LogP contribution in [0.4, 0.5) is 0 Å². The molecule has 0 spiro atoms. The lowest BCUT2D eigenvalue weighted by molar-refractivity contribution is -0.203. The topological polar surface area (TPSA) is 92.5 Å². The molecule has 4 nitrogen and oxygen atoms in total. The molecular formula is C36H62N2O2. The van der Waals surface area contributed by atoms with Crippen LogP contribution in [0.1, 0.15) is 129 Å². The summed E-state index contributed by atoms with van der Waals surface area (Å²) in [5, 5.41) is 23.0. The van der Waals surface area contributed by atoms with E-state index in [1.165, 1.54) is 116 Å². The predicted molar refractivity (Wildman–Crippen MR) is 162 cm³/mol. The molecule has 0 aromatic carbocycles. The molecule has 0 aromatic rings. The summed E-state index contributed by atoms with van der Waals surface area (Å²) in [5.74, 6) is 6.06. The van der Waals surface area contributed by atoms with E-state index >= 15 is 0 Å². The van der Waals surface area contributed by atoms with Crippen molar-refractivity contribution in [1.29, 1.82) is 0 Å². The van der Waals surface area contributed by atoms with Crippen LogP contribution < -0.4 is 11.5 Å². The third-order valence-electron chi connectivity index (χ3n) is 15.4. The first-order chi connectivity index (χ1) is 19.2. The van der Waals surface area contributed by atoms with Crippen LogP contribution in [0.3, 0.4) is 0 Å². The molecule has 0 amide bonds. The highest BCUT2D eigenvalue weighted by atomic mass is 16.3. The SMILES string of the molecule is CC1C(N)C(O)C(C2CCCCC2)CC1C12CC3CC(C1)CC(C1CC(C4CCCCC4)C(O)C(N)C1C)(C3)C2. The Balaban J connectivity index is 1.19. The smallest absolute Gasteiger partial charge is 0.0724 e. The minimum Gasteiger partial charge on any atom is -0.391 e. The number of hydrogen-bond acceptors (Lipinski definition) is 4. The largest absolute Gasteiger partial charge is 0.391 e. The first-order valence-electron chi connectivity index (χ1n) is 18.1. The first kappa shape index (κ1) is 28.6. The highest BCUT2D eigenvalue weighted by Gasteiger charge is 2.65. The predicted octanol–water partition coefficient (Wildman–Crippen LogP) is 6.65. The van der Waals surface area contributed by atoms with Gasteiger partial charge >= 0.3 is 0 Å². The molecule has 8 saturated carbocycles. The first-order valence-corrected chi connectivity index (χ1v) is 18.1. The molecule has 228 valence electrons. The van der Waals surface area contributed by atoms with Gasteiger partial charge in [-0.1, -0.05) is 78.1 Å². The number of nitrogens with two attached hydrogens (primary N) is 2. The lowest BCUT2D eigenvalue weighted by Gasteiger charge is -2.69. The molecule has 4 bridgehead atoms. The number of aliphatic hydroxyl groups excluding tert-OH is 2. The van der Waals surface area contributed by atoms with Crippen LogP contribution in [0.2, 0.25) is 0 Å². The summed E-state index contributed by atoms with van der Waals surface area (Å²) in [6.45, 7) is 4.82. The minimum absolute atomic E-state index is 0.0671. The van der Waals surface area contributed by atoms with Gasteiger partial charge in [0.05, 0.1) is 12.2 Å². The minimum atomic E-state index is -0.314. The van der Waals surface area contributed by atoms with E-state index in [-0.39, 0.29) is 24.3 Å². The zero-order valence-corrected chi connectivity index (χ0v) is 25.9. The maximum Gasteiger partial charge on any atom is 0.0724 e. The molecule has 8 fully saturated rings. The van der Waals surface area contributed by atoms with E-state index in [2.05, 4.69) is 13.8 Å². The number of rotatable bonds is 4. The highest BCUT2D eigenvalue weighted by Crippen LogP contribution is 2.73. The van der Waals surface area contributed by atoms with Crippen LogP contribution in [0.25, 0.3) is 0 Å². The van der Waals surface area contributed by atoms with Crippen molar-refractivity contribution >= 4 is 0 Å². The second-order valence-corrected chi connectivity index (χ2v) is 17.3. The Hall–Kier alpha value is -0.160. The second-order valence-electron chi connectivity index (χ2n) is 17.3. The Morgan fingerprint density at radius 3 is 1.30 bits per heavy atom. The van der Waals surface area contributed by atoms with Crippen molar-refractivity contribution in [2.75, 3.05) is 0 Å². The standard InChI is InChI=1S/C36H62N2O2/c1-21-29(14-27(33(39)31(21)37)25-9-5-3-6-10-25)35-16-23-13-24(17-35)19-36(18-23,20-35)30-15-28(26-11-7-4-8-12-26)34(40)32(38)22(30)2/h21-34,39-40H,3-20,37-38H2,1-2H3. The molecule has 0 saturated heterocycles. The fraction of sp³-hybridized carbons (Fsp3) is 1.00. The summed E-state index contributed by atoms with van der Waals surface area (Å²) in [5.41, 5.74) is 14.8. The van der Waals surface area contributed by atoms with Gasteiger partial charge < -0.3 is 21.7 Å². The van der Waals surface area contributed by atoms with E-state index in [9.17, 15) is 10.2 Å². The Morgan fingerprint density at radius 2 is 0.925 bits per heavy atom. The van der Waals surface area contributed by atoms with Crippen LogP contribution in [-0.2, 0) is 0 Å². The van der Waals surface area contributed by atoms with E-state index in [1.54, 1.807) is 0 Å². The third kappa shape index (κ3) is 4.58. The molecule has 0 radical (unpaired) electrons. The van der Waals surface area contributed by atoms with E-state index in [1.807, 2.05) is 0 Å². The molecule has 4 heteroatoms. The van der Waals surface area contributed by atoms with Crippen molar-refractivity contribution in [1.82, 2.24) is 0 Å². The zero-order chi connectivity index (χ0) is 27.8. The summed E-state index contributed by atoms with van der Waals surface area (Å²) >= 11 is 0. The van der Waals surface area contributed by atoms with Crippen LogP contribution in [-0.4, -0.2) is 34.5 Å². The van der Waals surface area contributed by atoms with Gasteiger partial charge in [-0.05, 0) is 121 Å². The quantitative estimate of drug-likeness (QED) is 0.313. The normalized spacial score (nSPS) is 56.0. The maximum absolute atomic E-state index is 11.5. The maximum atomic E-state index is 11.5. The van der Waals surface area contributed by atoms with Crippen LogP contribution in [0, 0.1) is 70.0 Å². The summed E-state index contributed by atoms with van der Waals surface area (Å²) in [7, 11) is 0. The van der Waals surface area contributed by atoms with Crippen molar-refractivity contribution in [2.24, 2.45) is 81.5 Å². The second kappa shape index (κ2) is 10.8. The summed E-state index contributed by atoms with van der Waals surface area (Å²) in [4.78, 5) is 0. The van der Waals surface area contributed by atoms with Crippen molar-refractivity contribution in [3.63, 3.8) is 0 Å². The van der Waals surface area contributed by atoms with Gasteiger partial charge in [0.2, 0.25) is 0 Å². The van der Waals surface area contributed by atoms with E-state index in [4.69, 9.17) is 11.5 Å². The van der Waals surface area contributed by atoms with E-state index < -0.39 is 0 Å². The van der Waals surface area contributed by atoms with Gasteiger partial charge in [-0.15, -0.1) is 0 Å². The average molecular weight is 555 g/mol. The molecule has 8 aliphatic carbocycles. The molecular weight excluding hydrogens is 492 g/mol. The van der Waals surface area contributed by atoms with Crippen LogP contribution in [0.15, 0.2) is 0 Å². The van der Waals surface area contributed by atoms with Crippen molar-refractivity contribution in [2.45, 2.75) is 154 Å². The fourth-order valence-corrected chi connectivity index (χ4v) is 14.0. The molecule has 10 unspecified atom stereocenters. The number of aliphatic hydroxyl groups is 2. The monoisotopic (exact) mass is 554 g/mol. The lowest BCUT2D eigenvalue weighted by Crippen LogP contribution is -2.65. The van der Waals surface area contributed by atoms with Crippen molar-refractivity contribution in [3.05, 3.63) is 0 Å². The molecule has 6 N–H and O–H groups in total. The zero-order valence-electron chi connectivity index (χ0n) is 25.9. The summed E-state index contributed by atoms with van der Waals surface area (Å²) < 4.78 is 0. The van der Waals surface area contributed by atoms with E-state index in [0.29, 0.717) is 58.2 Å². The lowest BCUT2D eigenvalue weighted by atomic mass is 9.36. The Morgan fingerprint density at radius 1 is 0.550 bits per heavy atom. The average Bonchev–Trinajstić information content (AvgIpc) is 2.95. The molecule has 0 aliphatic heterocycles. The Bertz CT molecular complexity index is 809. The van der Waals surface area contributed by atoms with Gasteiger partial charge in [-0.2, -0.15) is 0 Å².